The zero-order chi connectivity index (χ0) is 12.6. The Bertz CT molecular complexity index is 459. The van der Waals surface area contributed by atoms with Crippen molar-refractivity contribution in [1.29, 1.82) is 0 Å². The number of nitrogens with one attached hydrogen (secondary N) is 1. The third-order valence-electron chi connectivity index (χ3n) is 2.26. The number of hydroxylamine groups is 1. The van der Waals surface area contributed by atoms with E-state index in [1.165, 1.54) is 0 Å². The molecule has 18 heavy (non-hydrogen) atoms. The molecule has 0 bridgehead atoms. The van der Waals surface area contributed by atoms with Gasteiger partial charge >= 0.3 is 0 Å². The number of methoxy groups -OCH3 is 1. The van der Waals surface area contributed by atoms with Crippen molar-refractivity contribution in [2.45, 2.75) is 6.54 Å². The third kappa shape index (κ3) is 3.33. The number of rotatable bonds is 7. The van der Waals surface area contributed by atoms with E-state index in [0.717, 1.165) is 5.69 Å². The second kappa shape index (κ2) is 6.80. The topological polar surface area (TPSA) is 74.1 Å². The van der Waals surface area contributed by atoms with Crippen LogP contribution in [0.5, 0.6) is 0 Å². The molecule has 0 fully saturated rings. The Morgan fingerprint density at radius 2 is 2.06 bits per heavy atom. The summed E-state index contributed by atoms with van der Waals surface area (Å²) in [4.78, 5) is 5.15. The van der Waals surface area contributed by atoms with E-state index in [2.05, 4.69) is 21.0 Å². The monoisotopic (exact) mass is 249 g/mol. The molecule has 0 atom stereocenters. The first kappa shape index (κ1) is 12.6. The zero-order valence-electron chi connectivity index (χ0n) is 10.1. The van der Waals surface area contributed by atoms with Crippen molar-refractivity contribution in [1.82, 2.24) is 25.7 Å². The summed E-state index contributed by atoms with van der Waals surface area (Å²) in [6.07, 6.45) is 0. The first-order chi connectivity index (χ1) is 8.92. The number of hydrogen-bond donors (Lipinski definition) is 1. The van der Waals surface area contributed by atoms with Crippen LogP contribution in [0.4, 0.5) is 0 Å². The summed E-state index contributed by atoms with van der Waals surface area (Å²) in [5.74, 6) is 0.679. The maximum Gasteiger partial charge on any atom is 0.172 e. The first-order valence-electron chi connectivity index (χ1n) is 5.58. The lowest BCUT2D eigenvalue weighted by atomic mass is 10.3. The van der Waals surface area contributed by atoms with E-state index in [-0.39, 0.29) is 0 Å². The van der Waals surface area contributed by atoms with Gasteiger partial charge in [0.2, 0.25) is 0 Å². The van der Waals surface area contributed by atoms with Gasteiger partial charge in [0.15, 0.2) is 5.82 Å². The van der Waals surface area contributed by atoms with E-state index in [1.807, 2.05) is 30.3 Å². The maximum absolute atomic E-state index is 5.15. The molecule has 0 saturated carbocycles. The molecule has 0 aliphatic carbocycles. The molecule has 0 saturated heterocycles. The summed E-state index contributed by atoms with van der Waals surface area (Å²) in [6, 6.07) is 9.68. The minimum atomic E-state index is 0.422. The summed E-state index contributed by atoms with van der Waals surface area (Å²) in [7, 11) is 1.62. The highest BCUT2D eigenvalue weighted by Gasteiger charge is 2.06. The normalized spacial score (nSPS) is 10.7. The number of para-hydroxylation sites is 1. The van der Waals surface area contributed by atoms with Crippen LogP contribution in [0.3, 0.4) is 0 Å². The van der Waals surface area contributed by atoms with Gasteiger partial charge in [-0.1, -0.05) is 18.2 Å². The van der Waals surface area contributed by atoms with E-state index >= 15 is 0 Å². The molecular weight excluding hydrogens is 234 g/mol. The van der Waals surface area contributed by atoms with Crippen molar-refractivity contribution in [3.63, 3.8) is 0 Å². The van der Waals surface area contributed by atoms with Crippen molar-refractivity contribution in [3.8, 4) is 5.69 Å². The molecule has 1 N–H and O–H groups in total. The maximum atomic E-state index is 5.15. The molecule has 2 aromatic rings. The molecule has 0 unspecified atom stereocenters. The van der Waals surface area contributed by atoms with Crippen LogP contribution in [0.1, 0.15) is 5.82 Å². The number of benzene rings is 1. The highest BCUT2D eigenvalue weighted by molar-refractivity contribution is 5.30. The predicted molar refractivity (Wildman–Crippen MR) is 63.8 cm³/mol. The zero-order valence-corrected chi connectivity index (χ0v) is 10.1. The van der Waals surface area contributed by atoms with Gasteiger partial charge in [-0.25, -0.2) is 0 Å². The van der Waals surface area contributed by atoms with Crippen LogP contribution >= 0.6 is 0 Å². The van der Waals surface area contributed by atoms with Gasteiger partial charge in [0.25, 0.3) is 0 Å². The average molecular weight is 249 g/mol. The van der Waals surface area contributed by atoms with Crippen molar-refractivity contribution >= 4 is 0 Å². The molecule has 1 aromatic heterocycles. The van der Waals surface area contributed by atoms with Crippen LogP contribution in [0.15, 0.2) is 30.3 Å². The van der Waals surface area contributed by atoms with Crippen molar-refractivity contribution in [3.05, 3.63) is 36.2 Å². The number of aromatic nitrogens is 4. The lowest BCUT2D eigenvalue weighted by Crippen LogP contribution is -2.19. The Morgan fingerprint density at radius 3 is 2.83 bits per heavy atom. The van der Waals surface area contributed by atoms with Gasteiger partial charge in [0.05, 0.1) is 25.4 Å². The van der Waals surface area contributed by atoms with Gasteiger partial charge < -0.3 is 4.74 Å². The second-order valence-corrected chi connectivity index (χ2v) is 3.50. The molecule has 2 rings (SSSR count). The molecule has 0 radical (unpaired) electrons. The van der Waals surface area contributed by atoms with Crippen molar-refractivity contribution in [2.75, 3.05) is 20.3 Å². The van der Waals surface area contributed by atoms with Crippen molar-refractivity contribution < 1.29 is 9.57 Å². The largest absolute Gasteiger partial charge is 0.382 e. The van der Waals surface area contributed by atoms with Gasteiger partial charge in [-0.2, -0.15) is 10.2 Å². The van der Waals surface area contributed by atoms with E-state index in [1.54, 1.807) is 11.8 Å². The Labute approximate surface area is 105 Å². The number of hydrogen-bond acceptors (Lipinski definition) is 6. The average Bonchev–Trinajstić information content (AvgIpc) is 2.88. The Kier molecular flexibility index (Phi) is 4.77. The summed E-state index contributed by atoms with van der Waals surface area (Å²) in [5, 5.41) is 11.5. The molecule has 0 aliphatic rings. The molecule has 0 aliphatic heterocycles. The number of ether oxygens (including phenoxy) is 1. The summed E-state index contributed by atoms with van der Waals surface area (Å²) < 4.78 is 6.52. The van der Waals surface area contributed by atoms with Gasteiger partial charge in [0, 0.05) is 7.11 Å². The molecule has 1 aromatic carbocycles. The molecule has 0 spiro atoms. The standard InChI is InChI=1S/C11H15N5O2/c1-17-7-8-18-12-9-11-13-14-15-16(11)10-5-3-2-4-6-10/h2-6,12H,7-9H2,1H3. The lowest BCUT2D eigenvalue weighted by molar-refractivity contribution is 0.00220. The summed E-state index contributed by atoms with van der Waals surface area (Å²) in [6.45, 7) is 1.44. The smallest absolute Gasteiger partial charge is 0.172 e. The van der Waals surface area contributed by atoms with E-state index in [0.29, 0.717) is 25.6 Å². The van der Waals surface area contributed by atoms with Crippen LogP contribution in [-0.2, 0) is 16.1 Å². The predicted octanol–water partition coefficient (Wildman–Crippen LogP) is 0.330. The summed E-state index contributed by atoms with van der Waals surface area (Å²) in [5.41, 5.74) is 3.70. The quantitative estimate of drug-likeness (QED) is 0.563. The van der Waals surface area contributed by atoms with Gasteiger partial charge in [-0.3, -0.25) is 4.84 Å². The fourth-order valence-electron chi connectivity index (χ4n) is 1.40. The first-order valence-corrected chi connectivity index (χ1v) is 5.58. The SMILES string of the molecule is COCCONCc1nnnn1-c1ccccc1. The highest BCUT2D eigenvalue weighted by atomic mass is 16.7. The molecule has 0 amide bonds. The van der Waals surface area contributed by atoms with Gasteiger partial charge in [-0.05, 0) is 22.6 Å². The van der Waals surface area contributed by atoms with Crippen LogP contribution in [0.25, 0.3) is 5.69 Å². The molecule has 96 valence electrons. The third-order valence-corrected chi connectivity index (χ3v) is 2.26. The fraction of sp³-hybridized carbons (Fsp3) is 0.364. The number of nitrogens with zero attached hydrogens (tertiary/aromatic N) is 4. The van der Waals surface area contributed by atoms with Gasteiger partial charge in [0.1, 0.15) is 0 Å². The Hall–Kier alpha value is -1.83. The fourth-order valence-corrected chi connectivity index (χ4v) is 1.40. The highest BCUT2D eigenvalue weighted by Crippen LogP contribution is 2.06. The minimum absolute atomic E-state index is 0.422. The van der Waals surface area contributed by atoms with Gasteiger partial charge in [-0.15, -0.1) is 5.10 Å². The van der Waals surface area contributed by atoms with Crippen LogP contribution in [0.2, 0.25) is 0 Å². The van der Waals surface area contributed by atoms with Crippen LogP contribution in [-0.4, -0.2) is 40.5 Å². The Morgan fingerprint density at radius 1 is 1.22 bits per heavy atom. The minimum Gasteiger partial charge on any atom is -0.382 e. The second-order valence-electron chi connectivity index (χ2n) is 3.50. The molecular formula is C11H15N5O2. The molecule has 7 nitrogen and oxygen atoms in total. The molecule has 7 heteroatoms. The van der Waals surface area contributed by atoms with E-state index < -0.39 is 0 Å². The molecule has 1 heterocycles. The van der Waals surface area contributed by atoms with Crippen molar-refractivity contribution in [2.24, 2.45) is 0 Å². The number of tetrazole rings is 1. The van der Waals surface area contributed by atoms with Crippen LogP contribution in [0, 0.1) is 0 Å². The van der Waals surface area contributed by atoms with E-state index in [9.17, 15) is 0 Å². The lowest BCUT2D eigenvalue weighted by Gasteiger charge is -2.06. The Balaban J connectivity index is 1.92. The van der Waals surface area contributed by atoms with Crippen LogP contribution < -0.4 is 5.48 Å². The van der Waals surface area contributed by atoms with E-state index in [4.69, 9.17) is 9.57 Å². The summed E-state index contributed by atoms with van der Waals surface area (Å²) >= 11 is 0.